The molecule has 0 aliphatic carbocycles. The van der Waals surface area contributed by atoms with E-state index >= 15 is 0 Å². The first-order valence-corrected chi connectivity index (χ1v) is 4.78. The number of benzene rings is 1. The normalized spacial score (nSPS) is 9.44. The summed E-state index contributed by atoms with van der Waals surface area (Å²) in [6.45, 7) is 0. The molecular weight excluding hydrogens is 200 g/mol. The van der Waals surface area contributed by atoms with Crippen molar-refractivity contribution in [3.05, 3.63) is 48.2 Å². The van der Waals surface area contributed by atoms with Crippen molar-refractivity contribution < 1.29 is 0 Å². The SMILES string of the molecule is N#Cc1c(Nc2ccccc2)ccnc1N. The fraction of sp³-hybridized carbons (Fsp3) is 0. The Balaban J connectivity index is 2.36. The zero-order valence-corrected chi connectivity index (χ0v) is 8.51. The summed E-state index contributed by atoms with van der Waals surface area (Å²) < 4.78 is 0. The Morgan fingerprint density at radius 2 is 1.94 bits per heavy atom. The third-order valence-corrected chi connectivity index (χ3v) is 2.14. The maximum Gasteiger partial charge on any atom is 0.143 e. The van der Waals surface area contributed by atoms with E-state index < -0.39 is 0 Å². The zero-order valence-electron chi connectivity index (χ0n) is 8.51. The van der Waals surface area contributed by atoms with Gasteiger partial charge in [0.1, 0.15) is 17.5 Å². The van der Waals surface area contributed by atoms with E-state index in [1.54, 1.807) is 12.3 Å². The first-order valence-electron chi connectivity index (χ1n) is 4.78. The van der Waals surface area contributed by atoms with Gasteiger partial charge in [0.25, 0.3) is 0 Å². The van der Waals surface area contributed by atoms with Crippen LogP contribution in [0.25, 0.3) is 0 Å². The average molecular weight is 210 g/mol. The molecule has 0 saturated carbocycles. The fourth-order valence-corrected chi connectivity index (χ4v) is 1.38. The zero-order chi connectivity index (χ0) is 11.4. The molecule has 78 valence electrons. The molecule has 1 aromatic heterocycles. The minimum atomic E-state index is 0.239. The van der Waals surface area contributed by atoms with Gasteiger partial charge < -0.3 is 11.1 Å². The van der Waals surface area contributed by atoms with Gasteiger partial charge in [0.15, 0.2) is 0 Å². The molecule has 16 heavy (non-hydrogen) atoms. The van der Waals surface area contributed by atoms with Crippen molar-refractivity contribution >= 4 is 17.2 Å². The lowest BCUT2D eigenvalue weighted by atomic mass is 10.2. The second-order valence-corrected chi connectivity index (χ2v) is 3.22. The highest BCUT2D eigenvalue weighted by molar-refractivity contribution is 5.71. The van der Waals surface area contributed by atoms with Crippen molar-refractivity contribution in [1.29, 1.82) is 5.26 Å². The van der Waals surface area contributed by atoms with Gasteiger partial charge in [0.2, 0.25) is 0 Å². The van der Waals surface area contributed by atoms with Gasteiger partial charge in [-0.2, -0.15) is 5.26 Å². The third kappa shape index (κ3) is 1.93. The number of hydrogen-bond acceptors (Lipinski definition) is 4. The number of hydrogen-bond donors (Lipinski definition) is 2. The number of nitrogens with one attached hydrogen (secondary N) is 1. The van der Waals surface area contributed by atoms with Crippen molar-refractivity contribution in [2.24, 2.45) is 0 Å². The molecule has 0 aliphatic heterocycles. The second-order valence-electron chi connectivity index (χ2n) is 3.22. The molecule has 2 rings (SSSR count). The van der Waals surface area contributed by atoms with Gasteiger partial charge in [0.05, 0.1) is 5.69 Å². The molecule has 1 heterocycles. The molecule has 0 atom stereocenters. The number of para-hydroxylation sites is 1. The Bertz CT molecular complexity index is 528. The molecule has 0 aliphatic rings. The molecular formula is C12H10N4. The molecule has 0 radical (unpaired) electrons. The molecule has 0 bridgehead atoms. The Labute approximate surface area is 93.4 Å². The van der Waals surface area contributed by atoms with E-state index in [-0.39, 0.29) is 5.82 Å². The van der Waals surface area contributed by atoms with Gasteiger partial charge in [-0.25, -0.2) is 4.98 Å². The molecule has 0 amide bonds. The first kappa shape index (κ1) is 9.99. The molecule has 4 heteroatoms. The standard InChI is InChI=1S/C12H10N4/c13-8-10-11(6-7-15-12(10)14)16-9-4-2-1-3-5-9/h1-7H,(H3,14,15,16). The molecule has 4 nitrogen and oxygen atoms in total. The lowest BCUT2D eigenvalue weighted by Gasteiger charge is -2.08. The predicted molar refractivity (Wildman–Crippen MR) is 63.1 cm³/mol. The first-order chi connectivity index (χ1) is 7.81. The van der Waals surface area contributed by atoms with Crippen LogP contribution in [0.15, 0.2) is 42.6 Å². The number of aromatic nitrogens is 1. The summed E-state index contributed by atoms with van der Waals surface area (Å²) in [5, 5.41) is 12.1. The van der Waals surface area contributed by atoms with Crippen LogP contribution in [0.1, 0.15) is 5.56 Å². The monoisotopic (exact) mass is 210 g/mol. The maximum atomic E-state index is 8.97. The Kier molecular flexibility index (Phi) is 2.70. The minimum Gasteiger partial charge on any atom is -0.383 e. The second kappa shape index (κ2) is 4.32. The molecule has 1 aromatic carbocycles. The van der Waals surface area contributed by atoms with Crippen LogP contribution in [-0.2, 0) is 0 Å². The topological polar surface area (TPSA) is 74.7 Å². The summed E-state index contributed by atoms with van der Waals surface area (Å²) in [4.78, 5) is 3.87. The highest BCUT2D eigenvalue weighted by Crippen LogP contribution is 2.22. The number of pyridine rings is 1. The van der Waals surface area contributed by atoms with E-state index in [9.17, 15) is 0 Å². The molecule has 2 aromatic rings. The van der Waals surface area contributed by atoms with Crippen LogP contribution in [0.2, 0.25) is 0 Å². The number of nitrogen functional groups attached to an aromatic ring is 1. The molecule has 0 saturated heterocycles. The molecule has 0 unspecified atom stereocenters. The third-order valence-electron chi connectivity index (χ3n) is 2.14. The van der Waals surface area contributed by atoms with E-state index in [2.05, 4.69) is 10.3 Å². The largest absolute Gasteiger partial charge is 0.383 e. The highest BCUT2D eigenvalue weighted by atomic mass is 14.9. The highest BCUT2D eigenvalue weighted by Gasteiger charge is 2.06. The van der Waals surface area contributed by atoms with Crippen molar-refractivity contribution in [1.82, 2.24) is 4.98 Å². The predicted octanol–water partition coefficient (Wildman–Crippen LogP) is 2.28. The van der Waals surface area contributed by atoms with Gasteiger partial charge in [-0.3, -0.25) is 0 Å². The Morgan fingerprint density at radius 1 is 1.19 bits per heavy atom. The van der Waals surface area contributed by atoms with Gasteiger partial charge in [-0.05, 0) is 18.2 Å². The lowest BCUT2D eigenvalue weighted by molar-refractivity contribution is 1.31. The van der Waals surface area contributed by atoms with Crippen LogP contribution in [0.4, 0.5) is 17.2 Å². The van der Waals surface area contributed by atoms with Crippen LogP contribution in [-0.4, -0.2) is 4.98 Å². The molecule has 3 N–H and O–H groups in total. The minimum absolute atomic E-state index is 0.239. The lowest BCUT2D eigenvalue weighted by Crippen LogP contribution is -1.99. The number of rotatable bonds is 2. The summed E-state index contributed by atoms with van der Waals surface area (Å²) in [5.74, 6) is 0.239. The van der Waals surface area contributed by atoms with Crippen LogP contribution in [0, 0.1) is 11.3 Å². The summed E-state index contributed by atoms with van der Waals surface area (Å²) in [5.41, 5.74) is 7.55. The van der Waals surface area contributed by atoms with Crippen LogP contribution in [0.5, 0.6) is 0 Å². The number of anilines is 3. The van der Waals surface area contributed by atoms with Crippen molar-refractivity contribution in [2.75, 3.05) is 11.1 Å². The number of nitrogens with two attached hydrogens (primary N) is 1. The van der Waals surface area contributed by atoms with Gasteiger partial charge >= 0.3 is 0 Å². The molecule has 0 spiro atoms. The quantitative estimate of drug-likeness (QED) is 0.797. The van der Waals surface area contributed by atoms with Gasteiger partial charge in [-0.1, -0.05) is 18.2 Å². The smallest absolute Gasteiger partial charge is 0.143 e. The van der Waals surface area contributed by atoms with Crippen LogP contribution in [0.3, 0.4) is 0 Å². The summed E-state index contributed by atoms with van der Waals surface area (Å²) in [6, 6.07) is 13.3. The van der Waals surface area contributed by atoms with Crippen molar-refractivity contribution in [3.8, 4) is 6.07 Å². The van der Waals surface area contributed by atoms with Crippen molar-refractivity contribution in [2.45, 2.75) is 0 Å². The van der Waals surface area contributed by atoms with E-state index in [1.165, 1.54) is 0 Å². The van der Waals surface area contributed by atoms with E-state index in [0.717, 1.165) is 5.69 Å². The van der Waals surface area contributed by atoms with E-state index in [4.69, 9.17) is 11.0 Å². The molecule has 0 fully saturated rings. The fourth-order valence-electron chi connectivity index (χ4n) is 1.38. The van der Waals surface area contributed by atoms with E-state index in [0.29, 0.717) is 11.3 Å². The summed E-state index contributed by atoms with van der Waals surface area (Å²) >= 11 is 0. The van der Waals surface area contributed by atoms with Gasteiger partial charge in [0, 0.05) is 11.9 Å². The Morgan fingerprint density at radius 3 is 2.62 bits per heavy atom. The van der Waals surface area contributed by atoms with Crippen LogP contribution >= 0.6 is 0 Å². The summed E-state index contributed by atoms with van der Waals surface area (Å²) in [7, 11) is 0. The van der Waals surface area contributed by atoms with Gasteiger partial charge in [-0.15, -0.1) is 0 Å². The number of nitrogens with zero attached hydrogens (tertiary/aromatic N) is 2. The Hall–Kier alpha value is -2.54. The maximum absolute atomic E-state index is 8.97. The average Bonchev–Trinajstić information content (AvgIpc) is 2.31. The van der Waals surface area contributed by atoms with E-state index in [1.807, 2.05) is 36.4 Å². The summed E-state index contributed by atoms with van der Waals surface area (Å²) in [6.07, 6.45) is 1.57. The number of nitriles is 1. The van der Waals surface area contributed by atoms with Crippen molar-refractivity contribution in [3.63, 3.8) is 0 Å². The van der Waals surface area contributed by atoms with Crippen LogP contribution < -0.4 is 11.1 Å².